The Morgan fingerprint density at radius 3 is 3.00 bits per heavy atom. The quantitative estimate of drug-likeness (QED) is 0.541. The molecule has 0 N–H and O–H groups in total. The standard InChI is InChI=1S/C12H12INO2/c1-8-3-2-4-10-9(8)5-6-12(10)7-16-11(15)14(12)13/h2-4H,5-7H2,1H3. The number of halogens is 1. The average Bonchev–Trinajstić information content (AvgIpc) is 2.78. The number of fused-ring (bicyclic) bond motifs is 2. The zero-order valence-electron chi connectivity index (χ0n) is 9.00. The smallest absolute Gasteiger partial charge is 0.419 e. The summed E-state index contributed by atoms with van der Waals surface area (Å²) < 4.78 is 6.91. The van der Waals surface area contributed by atoms with Crippen molar-refractivity contribution in [3.05, 3.63) is 34.9 Å². The van der Waals surface area contributed by atoms with E-state index in [9.17, 15) is 4.79 Å². The van der Waals surface area contributed by atoms with Crippen molar-refractivity contribution in [1.82, 2.24) is 3.11 Å². The topological polar surface area (TPSA) is 29.5 Å². The number of amides is 1. The van der Waals surface area contributed by atoms with Crippen LogP contribution in [0.4, 0.5) is 4.79 Å². The Kier molecular flexibility index (Phi) is 2.18. The molecule has 1 saturated heterocycles. The van der Waals surface area contributed by atoms with Gasteiger partial charge in [0.25, 0.3) is 0 Å². The summed E-state index contributed by atoms with van der Waals surface area (Å²) in [6, 6.07) is 6.32. The number of rotatable bonds is 0. The van der Waals surface area contributed by atoms with E-state index in [-0.39, 0.29) is 11.6 Å². The first kappa shape index (κ1) is 10.4. The van der Waals surface area contributed by atoms with Gasteiger partial charge in [-0.2, -0.15) is 0 Å². The maximum absolute atomic E-state index is 11.5. The number of carbonyl (C=O) groups is 1. The van der Waals surface area contributed by atoms with Crippen molar-refractivity contribution < 1.29 is 9.53 Å². The fraction of sp³-hybridized carbons (Fsp3) is 0.417. The molecule has 1 aromatic carbocycles. The minimum atomic E-state index is -0.213. The van der Waals surface area contributed by atoms with E-state index in [1.165, 1.54) is 16.7 Å². The molecule has 3 rings (SSSR count). The van der Waals surface area contributed by atoms with Gasteiger partial charge in [-0.3, -0.25) is 0 Å². The van der Waals surface area contributed by atoms with Crippen LogP contribution in [0, 0.1) is 6.92 Å². The molecule has 0 saturated carbocycles. The minimum absolute atomic E-state index is 0.209. The summed E-state index contributed by atoms with van der Waals surface area (Å²) in [6.45, 7) is 2.62. The van der Waals surface area contributed by atoms with Crippen LogP contribution in [0.1, 0.15) is 23.1 Å². The van der Waals surface area contributed by atoms with Crippen LogP contribution < -0.4 is 0 Å². The largest absolute Gasteiger partial charge is 0.446 e. The number of aryl methyl sites for hydroxylation is 1. The van der Waals surface area contributed by atoms with Gasteiger partial charge in [-0.1, -0.05) is 18.2 Å². The Labute approximate surface area is 108 Å². The number of carbonyl (C=O) groups excluding carboxylic acids is 1. The molecule has 1 aromatic rings. The van der Waals surface area contributed by atoms with E-state index in [1.807, 2.05) is 0 Å². The fourth-order valence-electron chi connectivity index (χ4n) is 2.76. The molecule has 0 bridgehead atoms. The average molecular weight is 329 g/mol. The lowest BCUT2D eigenvalue weighted by molar-refractivity contribution is 0.170. The Morgan fingerprint density at radius 2 is 2.31 bits per heavy atom. The molecule has 3 nitrogen and oxygen atoms in total. The molecule has 0 radical (unpaired) electrons. The van der Waals surface area contributed by atoms with E-state index in [0.29, 0.717) is 6.61 Å². The van der Waals surface area contributed by atoms with Gasteiger partial charge in [0.1, 0.15) is 12.1 Å². The van der Waals surface area contributed by atoms with Crippen LogP contribution in [-0.2, 0) is 16.7 Å². The predicted octanol–water partition coefficient (Wildman–Crippen LogP) is 2.94. The zero-order chi connectivity index (χ0) is 11.3. The van der Waals surface area contributed by atoms with E-state index in [0.717, 1.165) is 12.8 Å². The van der Waals surface area contributed by atoms with Crippen LogP contribution in [0.25, 0.3) is 0 Å². The summed E-state index contributed by atoms with van der Waals surface area (Å²) in [5.41, 5.74) is 3.77. The highest BCUT2D eigenvalue weighted by molar-refractivity contribution is 14.1. The van der Waals surface area contributed by atoms with Gasteiger partial charge in [0.15, 0.2) is 0 Å². The fourth-order valence-corrected chi connectivity index (χ4v) is 3.54. The second-order valence-corrected chi connectivity index (χ2v) is 5.43. The van der Waals surface area contributed by atoms with Crippen molar-refractivity contribution in [2.75, 3.05) is 6.61 Å². The van der Waals surface area contributed by atoms with E-state index < -0.39 is 0 Å². The van der Waals surface area contributed by atoms with Crippen molar-refractivity contribution in [2.24, 2.45) is 0 Å². The molecule has 2 aliphatic rings. The monoisotopic (exact) mass is 329 g/mol. The summed E-state index contributed by atoms with van der Waals surface area (Å²) in [5.74, 6) is 0. The molecule has 16 heavy (non-hydrogen) atoms. The SMILES string of the molecule is Cc1cccc2c1CCC21COC(=O)N1I. The molecule has 4 heteroatoms. The van der Waals surface area contributed by atoms with Crippen molar-refractivity contribution in [3.8, 4) is 0 Å². The molecule has 1 spiro atoms. The van der Waals surface area contributed by atoms with E-state index in [2.05, 4.69) is 48.0 Å². The molecule has 1 aliphatic heterocycles. The van der Waals surface area contributed by atoms with Gasteiger partial charge in [-0.15, -0.1) is 0 Å². The van der Waals surface area contributed by atoms with Crippen molar-refractivity contribution in [1.29, 1.82) is 0 Å². The third kappa shape index (κ3) is 1.16. The lowest BCUT2D eigenvalue weighted by Gasteiger charge is -2.27. The summed E-state index contributed by atoms with van der Waals surface area (Å²) in [5, 5.41) is 0. The van der Waals surface area contributed by atoms with Crippen LogP contribution in [0.15, 0.2) is 18.2 Å². The van der Waals surface area contributed by atoms with E-state index in [1.54, 1.807) is 3.11 Å². The van der Waals surface area contributed by atoms with E-state index >= 15 is 0 Å². The van der Waals surface area contributed by atoms with Crippen molar-refractivity contribution >= 4 is 29.0 Å². The number of cyclic esters (lactones) is 1. The Balaban J connectivity index is 2.16. The first-order valence-corrected chi connectivity index (χ1v) is 6.33. The molecule has 1 fully saturated rings. The van der Waals surface area contributed by atoms with Crippen LogP contribution in [0.2, 0.25) is 0 Å². The van der Waals surface area contributed by atoms with Gasteiger partial charge < -0.3 is 4.74 Å². The second-order valence-electron chi connectivity index (χ2n) is 4.47. The highest BCUT2D eigenvalue weighted by Gasteiger charge is 2.51. The summed E-state index contributed by atoms with van der Waals surface area (Å²) >= 11 is 2.08. The molecule has 1 aliphatic carbocycles. The Morgan fingerprint density at radius 1 is 1.50 bits per heavy atom. The van der Waals surface area contributed by atoms with Gasteiger partial charge in [0.05, 0.1) is 22.9 Å². The second kappa shape index (κ2) is 3.35. The Hall–Kier alpha value is -0.780. The molecule has 1 atom stereocenters. The summed E-state index contributed by atoms with van der Waals surface area (Å²) in [4.78, 5) is 11.5. The highest BCUT2D eigenvalue weighted by Crippen LogP contribution is 2.47. The number of hydrogen-bond donors (Lipinski definition) is 0. The molecule has 84 valence electrons. The summed E-state index contributed by atoms with van der Waals surface area (Å²) in [7, 11) is 0. The maximum atomic E-state index is 11.5. The zero-order valence-corrected chi connectivity index (χ0v) is 11.2. The lowest BCUT2D eigenvalue weighted by atomic mass is 9.92. The van der Waals surface area contributed by atoms with Gasteiger partial charge >= 0.3 is 6.09 Å². The normalized spacial score (nSPS) is 27.4. The van der Waals surface area contributed by atoms with Gasteiger partial charge in [0.2, 0.25) is 0 Å². The molecule has 1 heterocycles. The van der Waals surface area contributed by atoms with Gasteiger partial charge in [0, 0.05) is 0 Å². The van der Waals surface area contributed by atoms with Crippen molar-refractivity contribution in [2.45, 2.75) is 25.3 Å². The van der Waals surface area contributed by atoms with Crippen LogP contribution in [0.5, 0.6) is 0 Å². The number of ether oxygens (including phenoxy) is 1. The molecular weight excluding hydrogens is 317 g/mol. The molecule has 0 aromatic heterocycles. The predicted molar refractivity (Wildman–Crippen MR) is 68.4 cm³/mol. The lowest BCUT2D eigenvalue weighted by Crippen LogP contribution is -2.35. The van der Waals surface area contributed by atoms with Crippen LogP contribution in [0.3, 0.4) is 0 Å². The van der Waals surface area contributed by atoms with Crippen molar-refractivity contribution in [3.63, 3.8) is 0 Å². The molecule has 1 amide bonds. The van der Waals surface area contributed by atoms with Crippen LogP contribution >= 0.6 is 22.9 Å². The minimum Gasteiger partial charge on any atom is -0.446 e. The van der Waals surface area contributed by atoms with Gasteiger partial charge in [-0.25, -0.2) is 7.91 Å². The number of hydrogen-bond acceptors (Lipinski definition) is 2. The summed E-state index contributed by atoms with van der Waals surface area (Å²) in [6.07, 6.45) is 1.80. The van der Waals surface area contributed by atoms with E-state index in [4.69, 9.17) is 4.74 Å². The first-order chi connectivity index (χ1) is 7.65. The number of benzene rings is 1. The van der Waals surface area contributed by atoms with Crippen LogP contribution in [-0.4, -0.2) is 15.8 Å². The maximum Gasteiger partial charge on any atom is 0.419 e. The first-order valence-electron chi connectivity index (χ1n) is 5.37. The van der Waals surface area contributed by atoms with Gasteiger partial charge in [-0.05, 0) is 36.5 Å². The highest BCUT2D eigenvalue weighted by atomic mass is 127. The third-order valence-electron chi connectivity index (χ3n) is 3.67. The molecular formula is C12H12INO2. The Bertz CT molecular complexity index is 474. The number of nitrogens with zero attached hydrogens (tertiary/aromatic N) is 1. The molecule has 1 unspecified atom stereocenters. The third-order valence-corrected chi connectivity index (χ3v) is 4.99.